The average Bonchev–Trinajstić information content (AvgIpc) is 2.27. The van der Waals surface area contributed by atoms with Gasteiger partial charge in [0.05, 0.1) is 6.61 Å². The predicted molar refractivity (Wildman–Crippen MR) is 43.2 cm³/mol. The van der Waals surface area contributed by atoms with Gasteiger partial charge in [0.2, 0.25) is 0 Å². The van der Waals surface area contributed by atoms with Gasteiger partial charge in [-0.25, -0.2) is 5.90 Å². The molecule has 0 aromatic carbocycles. The molecule has 0 unspecified atom stereocenters. The lowest BCUT2D eigenvalue weighted by Crippen LogP contribution is -2.46. The Balaban J connectivity index is 0. The highest BCUT2D eigenvalue weighted by atomic mass is 16.4. The Bertz CT molecular complexity index is 144. The van der Waals surface area contributed by atoms with Crippen molar-refractivity contribution in [2.45, 2.75) is 24.4 Å². The zero-order chi connectivity index (χ0) is 11.7. The van der Waals surface area contributed by atoms with Crippen molar-refractivity contribution >= 4 is 6.29 Å². The molecule has 0 heterocycles. The van der Waals surface area contributed by atoms with Crippen molar-refractivity contribution in [1.29, 1.82) is 0 Å². The third kappa shape index (κ3) is 5.19. The molecule has 14 heavy (non-hydrogen) atoms. The highest BCUT2D eigenvalue weighted by molar-refractivity contribution is 5.56. The Labute approximate surface area is 79.8 Å². The second-order valence-corrected chi connectivity index (χ2v) is 2.36. The van der Waals surface area contributed by atoms with Crippen molar-refractivity contribution in [2.24, 2.45) is 5.90 Å². The third-order valence-electron chi connectivity index (χ3n) is 1.42. The minimum atomic E-state index is -1.79. The maximum absolute atomic E-state index is 9.90. The molecule has 0 aliphatic heterocycles. The maximum Gasteiger partial charge on any atom is 0.151 e. The molecular formula is C6H15NO7. The van der Waals surface area contributed by atoms with Gasteiger partial charge in [0.25, 0.3) is 0 Å². The summed E-state index contributed by atoms with van der Waals surface area (Å²) in [4.78, 5) is 9.90. The number of aldehydes is 1. The first-order valence-corrected chi connectivity index (χ1v) is 3.58. The van der Waals surface area contributed by atoms with Gasteiger partial charge in [-0.1, -0.05) is 0 Å². The first-order chi connectivity index (χ1) is 6.54. The van der Waals surface area contributed by atoms with Crippen LogP contribution in [0, 0.1) is 0 Å². The molecule has 86 valence electrons. The molecule has 0 aromatic rings. The first kappa shape index (κ1) is 15.8. The summed E-state index contributed by atoms with van der Waals surface area (Å²) in [5, 5.41) is 50.0. The summed E-state index contributed by atoms with van der Waals surface area (Å²) < 4.78 is 0. The summed E-state index contributed by atoms with van der Waals surface area (Å²) in [5.74, 6) is 3.50. The van der Waals surface area contributed by atoms with Gasteiger partial charge in [0.1, 0.15) is 24.4 Å². The van der Waals surface area contributed by atoms with Crippen LogP contribution in [0.5, 0.6) is 0 Å². The molecule has 0 aliphatic rings. The molecule has 0 radical (unpaired) electrons. The molecule has 0 aliphatic carbocycles. The van der Waals surface area contributed by atoms with Crippen LogP contribution in [0.4, 0.5) is 0 Å². The number of hydrogen-bond donors (Lipinski definition) is 7. The summed E-state index contributed by atoms with van der Waals surface area (Å²) >= 11 is 0. The normalized spacial score (nSPS) is 18.5. The quantitative estimate of drug-likeness (QED) is 0.179. The average molecular weight is 213 g/mol. The molecule has 0 bridgehead atoms. The van der Waals surface area contributed by atoms with Gasteiger partial charge in [-0.3, -0.25) is 0 Å². The zero-order valence-corrected chi connectivity index (χ0v) is 7.26. The van der Waals surface area contributed by atoms with E-state index in [1.807, 2.05) is 0 Å². The molecule has 4 atom stereocenters. The van der Waals surface area contributed by atoms with E-state index < -0.39 is 31.0 Å². The van der Waals surface area contributed by atoms with E-state index in [1.54, 1.807) is 0 Å². The maximum atomic E-state index is 9.90. The van der Waals surface area contributed by atoms with Crippen LogP contribution in [0.1, 0.15) is 0 Å². The van der Waals surface area contributed by atoms with Crippen LogP contribution in [0.25, 0.3) is 0 Å². The fraction of sp³-hybridized carbons (Fsp3) is 0.833. The molecule has 8 heteroatoms. The van der Waals surface area contributed by atoms with E-state index >= 15 is 0 Å². The van der Waals surface area contributed by atoms with Crippen LogP contribution >= 0.6 is 0 Å². The van der Waals surface area contributed by atoms with Crippen LogP contribution in [-0.2, 0) is 4.79 Å². The Morgan fingerprint density at radius 2 is 1.50 bits per heavy atom. The number of carbonyl (C=O) groups excluding carboxylic acids is 1. The third-order valence-corrected chi connectivity index (χ3v) is 1.42. The summed E-state index contributed by atoms with van der Waals surface area (Å²) in [6, 6.07) is 0. The molecule has 0 saturated carbocycles. The van der Waals surface area contributed by atoms with Crippen molar-refractivity contribution in [2.75, 3.05) is 6.61 Å². The topological polar surface area (TPSA) is 164 Å². The molecule has 8 nitrogen and oxygen atoms in total. The number of carbonyl (C=O) groups is 1. The zero-order valence-electron chi connectivity index (χ0n) is 7.26. The number of aliphatic hydroxyl groups is 5. The van der Waals surface area contributed by atoms with E-state index in [0.717, 1.165) is 0 Å². The SMILES string of the molecule is NO.O=C[C@@H](O)[C@@H](O)[C@H](O)[C@H](O)CO. The molecule has 8 N–H and O–H groups in total. The van der Waals surface area contributed by atoms with Gasteiger partial charge in [-0.15, -0.1) is 0 Å². The number of rotatable bonds is 5. The smallest absolute Gasteiger partial charge is 0.151 e. The number of aliphatic hydroxyl groups excluding tert-OH is 5. The van der Waals surface area contributed by atoms with Gasteiger partial charge in [0.15, 0.2) is 6.29 Å². The second kappa shape index (κ2) is 8.97. The Morgan fingerprint density at radius 1 is 1.07 bits per heavy atom. The monoisotopic (exact) mass is 213 g/mol. The molecule has 0 spiro atoms. The second-order valence-electron chi connectivity index (χ2n) is 2.36. The fourth-order valence-electron chi connectivity index (χ4n) is 0.618. The van der Waals surface area contributed by atoms with E-state index in [4.69, 9.17) is 30.7 Å². The Morgan fingerprint density at radius 3 is 1.79 bits per heavy atom. The molecule has 0 amide bonds. The largest absolute Gasteiger partial charge is 0.394 e. The lowest BCUT2D eigenvalue weighted by Gasteiger charge is -2.22. The van der Waals surface area contributed by atoms with Gasteiger partial charge in [0, 0.05) is 0 Å². The molecule has 0 aromatic heterocycles. The van der Waals surface area contributed by atoms with Crippen molar-refractivity contribution in [1.82, 2.24) is 0 Å². The van der Waals surface area contributed by atoms with Gasteiger partial charge in [-0.2, -0.15) is 0 Å². The lowest BCUT2D eigenvalue weighted by molar-refractivity contribution is -0.136. The molecular weight excluding hydrogens is 198 g/mol. The highest BCUT2D eigenvalue weighted by Crippen LogP contribution is 2.02. The predicted octanol–water partition coefficient (Wildman–Crippen LogP) is -4.04. The summed E-state index contributed by atoms with van der Waals surface area (Å²) in [6.45, 7) is -0.760. The van der Waals surface area contributed by atoms with Gasteiger partial charge >= 0.3 is 0 Å². The van der Waals surface area contributed by atoms with Crippen molar-refractivity contribution < 1.29 is 35.5 Å². The Kier molecular flexibility index (Phi) is 10.1. The van der Waals surface area contributed by atoms with Crippen LogP contribution in [0.15, 0.2) is 0 Å². The van der Waals surface area contributed by atoms with Crippen molar-refractivity contribution in [3.63, 3.8) is 0 Å². The van der Waals surface area contributed by atoms with Gasteiger partial charge < -0.3 is 35.5 Å². The van der Waals surface area contributed by atoms with Gasteiger partial charge in [-0.05, 0) is 0 Å². The minimum Gasteiger partial charge on any atom is -0.394 e. The summed E-state index contributed by atoms with van der Waals surface area (Å²) in [7, 11) is 0. The van der Waals surface area contributed by atoms with Crippen LogP contribution in [0.2, 0.25) is 0 Å². The van der Waals surface area contributed by atoms with Crippen LogP contribution in [-0.4, -0.2) is 68.0 Å². The summed E-state index contributed by atoms with van der Waals surface area (Å²) in [6.07, 6.45) is -6.84. The molecule has 0 saturated heterocycles. The van der Waals surface area contributed by atoms with E-state index in [2.05, 4.69) is 5.90 Å². The van der Waals surface area contributed by atoms with Crippen molar-refractivity contribution in [3.8, 4) is 0 Å². The summed E-state index contributed by atoms with van der Waals surface area (Å²) in [5.41, 5.74) is 0. The van der Waals surface area contributed by atoms with E-state index in [9.17, 15) is 4.79 Å². The molecule has 0 rings (SSSR count). The lowest BCUT2D eigenvalue weighted by atomic mass is 10.0. The number of nitrogens with two attached hydrogens (primary N) is 1. The number of hydrogen-bond acceptors (Lipinski definition) is 8. The molecule has 0 fully saturated rings. The van der Waals surface area contributed by atoms with Crippen LogP contribution < -0.4 is 5.90 Å². The minimum absolute atomic E-state index is 0.0258. The van der Waals surface area contributed by atoms with E-state index in [-0.39, 0.29) is 6.29 Å². The fourth-order valence-corrected chi connectivity index (χ4v) is 0.618. The van der Waals surface area contributed by atoms with E-state index in [0.29, 0.717) is 0 Å². The van der Waals surface area contributed by atoms with E-state index in [1.165, 1.54) is 0 Å². The highest BCUT2D eigenvalue weighted by Gasteiger charge is 2.29. The Hall–Kier alpha value is -0.610. The first-order valence-electron chi connectivity index (χ1n) is 3.58. The standard InChI is InChI=1S/C6H12O6.H3NO/c7-1-3(9)5(11)6(12)4(10)2-8;1-2/h1,3-6,8-12H,2H2;2H,1H2/t3-,4-,5-,6-;/m1./s1. The van der Waals surface area contributed by atoms with Crippen LogP contribution in [0.3, 0.4) is 0 Å². The van der Waals surface area contributed by atoms with Crippen molar-refractivity contribution in [3.05, 3.63) is 0 Å².